The summed E-state index contributed by atoms with van der Waals surface area (Å²) in [5.74, 6) is 0.0330. The molecule has 0 atom stereocenters. The average molecular weight is 211 g/mol. The monoisotopic (exact) mass is 211 g/mol. The standard InChI is InChI=1S/C14H13NO/c1-10-8-9-13(11(2)15-10)14(16)12-6-4-3-5-7-12/h3-9H,1-2H3. The lowest BCUT2D eigenvalue weighted by atomic mass is 10.0. The summed E-state index contributed by atoms with van der Waals surface area (Å²) in [5, 5.41) is 0. The van der Waals surface area contributed by atoms with Gasteiger partial charge in [0.05, 0.1) is 0 Å². The van der Waals surface area contributed by atoms with E-state index in [1.54, 1.807) is 0 Å². The van der Waals surface area contributed by atoms with Gasteiger partial charge in [-0.15, -0.1) is 0 Å². The molecule has 0 unspecified atom stereocenters. The van der Waals surface area contributed by atoms with Gasteiger partial charge in [0.15, 0.2) is 5.78 Å². The lowest BCUT2D eigenvalue weighted by molar-refractivity contribution is 0.103. The van der Waals surface area contributed by atoms with Crippen LogP contribution in [0.2, 0.25) is 0 Å². The van der Waals surface area contributed by atoms with E-state index in [0.29, 0.717) is 11.1 Å². The highest BCUT2D eigenvalue weighted by Crippen LogP contribution is 2.12. The van der Waals surface area contributed by atoms with E-state index >= 15 is 0 Å². The molecule has 0 saturated heterocycles. The number of pyridine rings is 1. The predicted octanol–water partition coefficient (Wildman–Crippen LogP) is 2.93. The van der Waals surface area contributed by atoms with Crippen molar-refractivity contribution in [3.63, 3.8) is 0 Å². The van der Waals surface area contributed by atoms with E-state index in [-0.39, 0.29) is 5.78 Å². The molecule has 0 radical (unpaired) electrons. The van der Waals surface area contributed by atoms with Gasteiger partial charge in [0.25, 0.3) is 0 Å². The average Bonchev–Trinajstić information content (AvgIpc) is 2.29. The smallest absolute Gasteiger partial charge is 0.194 e. The number of carbonyl (C=O) groups is 1. The summed E-state index contributed by atoms with van der Waals surface area (Å²) in [6.07, 6.45) is 0. The van der Waals surface area contributed by atoms with E-state index in [4.69, 9.17) is 0 Å². The summed E-state index contributed by atoms with van der Waals surface area (Å²) in [5.41, 5.74) is 3.10. The second-order valence-corrected chi connectivity index (χ2v) is 3.78. The quantitative estimate of drug-likeness (QED) is 0.715. The van der Waals surface area contributed by atoms with Crippen molar-refractivity contribution in [1.29, 1.82) is 0 Å². The van der Waals surface area contributed by atoms with E-state index in [2.05, 4.69) is 4.98 Å². The zero-order chi connectivity index (χ0) is 11.5. The van der Waals surface area contributed by atoms with Gasteiger partial charge < -0.3 is 0 Å². The van der Waals surface area contributed by atoms with Crippen molar-refractivity contribution in [3.8, 4) is 0 Å². The first-order valence-electron chi connectivity index (χ1n) is 5.22. The third-order valence-corrected chi connectivity index (χ3v) is 2.51. The zero-order valence-electron chi connectivity index (χ0n) is 9.40. The van der Waals surface area contributed by atoms with Crippen LogP contribution in [0.25, 0.3) is 0 Å². The summed E-state index contributed by atoms with van der Waals surface area (Å²) in [7, 11) is 0. The number of ketones is 1. The highest BCUT2D eigenvalue weighted by atomic mass is 16.1. The minimum Gasteiger partial charge on any atom is -0.289 e. The number of nitrogens with zero attached hydrogens (tertiary/aromatic N) is 1. The number of carbonyl (C=O) groups excluding carboxylic acids is 1. The molecule has 0 amide bonds. The minimum atomic E-state index is 0.0330. The van der Waals surface area contributed by atoms with Crippen molar-refractivity contribution in [1.82, 2.24) is 4.98 Å². The molecule has 0 saturated carbocycles. The molecule has 1 aromatic carbocycles. The molecule has 2 heteroatoms. The first-order valence-corrected chi connectivity index (χ1v) is 5.22. The number of hydrogen-bond donors (Lipinski definition) is 0. The molecule has 2 rings (SSSR count). The van der Waals surface area contributed by atoms with Crippen LogP contribution in [0.4, 0.5) is 0 Å². The van der Waals surface area contributed by atoms with E-state index in [1.165, 1.54) is 0 Å². The Balaban J connectivity index is 2.42. The van der Waals surface area contributed by atoms with Crippen molar-refractivity contribution in [2.24, 2.45) is 0 Å². The van der Waals surface area contributed by atoms with Gasteiger partial charge in [-0.05, 0) is 26.0 Å². The maximum absolute atomic E-state index is 12.1. The summed E-state index contributed by atoms with van der Waals surface area (Å²) in [4.78, 5) is 16.4. The summed E-state index contributed by atoms with van der Waals surface area (Å²) in [6, 6.07) is 13.0. The zero-order valence-corrected chi connectivity index (χ0v) is 9.40. The molecule has 1 heterocycles. The van der Waals surface area contributed by atoms with Gasteiger partial charge in [0.1, 0.15) is 0 Å². The Morgan fingerprint density at radius 3 is 2.31 bits per heavy atom. The number of benzene rings is 1. The van der Waals surface area contributed by atoms with Crippen LogP contribution in [0, 0.1) is 13.8 Å². The highest BCUT2D eigenvalue weighted by molar-refractivity contribution is 6.09. The molecule has 1 aromatic heterocycles. The molecule has 2 aromatic rings. The predicted molar refractivity (Wildman–Crippen MR) is 63.6 cm³/mol. The van der Waals surface area contributed by atoms with Crippen molar-refractivity contribution >= 4 is 5.78 Å². The SMILES string of the molecule is Cc1ccc(C(=O)c2ccccc2)c(C)n1. The molecular formula is C14H13NO. The first kappa shape index (κ1) is 10.6. The maximum Gasteiger partial charge on any atom is 0.194 e. The summed E-state index contributed by atoms with van der Waals surface area (Å²) < 4.78 is 0. The molecule has 2 nitrogen and oxygen atoms in total. The van der Waals surface area contributed by atoms with Crippen molar-refractivity contribution in [3.05, 3.63) is 65.0 Å². The van der Waals surface area contributed by atoms with Crippen LogP contribution in [0.1, 0.15) is 27.3 Å². The minimum absolute atomic E-state index is 0.0330. The Labute approximate surface area is 95.0 Å². The first-order chi connectivity index (χ1) is 7.68. The van der Waals surface area contributed by atoms with Crippen LogP contribution in [-0.4, -0.2) is 10.8 Å². The van der Waals surface area contributed by atoms with Crippen molar-refractivity contribution < 1.29 is 4.79 Å². The molecule has 0 fully saturated rings. The van der Waals surface area contributed by atoms with Gasteiger partial charge in [-0.2, -0.15) is 0 Å². The lowest BCUT2D eigenvalue weighted by Gasteiger charge is -2.04. The van der Waals surface area contributed by atoms with E-state index in [9.17, 15) is 4.79 Å². The molecule has 0 spiro atoms. The van der Waals surface area contributed by atoms with Crippen molar-refractivity contribution in [2.75, 3.05) is 0 Å². The Morgan fingerprint density at radius 2 is 1.69 bits per heavy atom. The van der Waals surface area contributed by atoms with Gasteiger partial charge in [-0.25, -0.2) is 0 Å². The molecule has 0 aliphatic heterocycles. The molecular weight excluding hydrogens is 198 g/mol. The second-order valence-electron chi connectivity index (χ2n) is 3.78. The molecule has 0 aliphatic rings. The number of rotatable bonds is 2. The van der Waals surface area contributed by atoms with Gasteiger partial charge in [-0.3, -0.25) is 9.78 Å². The summed E-state index contributed by atoms with van der Waals surface area (Å²) >= 11 is 0. The van der Waals surface area contributed by atoms with Crippen LogP contribution < -0.4 is 0 Å². The molecule has 0 bridgehead atoms. The largest absolute Gasteiger partial charge is 0.289 e. The van der Waals surface area contributed by atoms with Crippen LogP contribution in [0.5, 0.6) is 0 Å². The summed E-state index contributed by atoms with van der Waals surface area (Å²) in [6.45, 7) is 3.78. The normalized spacial score (nSPS) is 10.1. The number of aryl methyl sites for hydroxylation is 2. The van der Waals surface area contributed by atoms with Gasteiger partial charge in [0.2, 0.25) is 0 Å². The third-order valence-electron chi connectivity index (χ3n) is 2.51. The van der Waals surface area contributed by atoms with Crippen LogP contribution in [0.3, 0.4) is 0 Å². The van der Waals surface area contributed by atoms with Gasteiger partial charge in [0, 0.05) is 22.5 Å². The third kappa shape index (κ3) is 2.01. The van der Waals surface area contributed by atoms with Crippen LogP contribution in [-0.2, 0) is 0 Å². The van der Waals surface area contributed by atoms with E-state index in [1.807, 2.05) is 56.3 Å². The molecule has 0 N–H and O–H groups in total. The molecule has 16 heavy (non-hydrogen) atoms. The van der Waals surface area contributed by atoms with Crippen LogP contribution >= 0.6 is 0 Å². The lowest BCUT2D eigenvalue weighted by Crippen LogP contribution is -2.05. The fourth-order valence-corrected chi connectivity index (χ4v) is 1.67. The fraction of sp³-hybridized carbons (Fsp3) is 0.143. The number of aromatic nitrogens is 1. The highest BCUT2D eigenvalue weighted by Gasteiger charge is 2.11. The molecule has 0 aliphatic carbocycles. The Kier molecular flexibility index (Phi) is 2.82. The van der Waals surface area contributed by atoms with Crippen LogP contribution in [0.15, 0.2) is 42.5 Å². The van der Waals surface area contributed by atoms with Crippen molar-refractivity contribution in [2.45, 2.75) is 13.8 Å². The Morgan fingerprint density at radius 1 is 1.00 bits per heavy atom. The number of hydrogen-bond acceptors (Lipinski definition) is 2. The van der Waals surface area contributed by atoms with Gasteiger partial charge >= 0.3 is 0 Å². The Bertz CT molecular complexity index is 518. The fourth-order valence-electron chi connectivity index (χ4n) is 1.67. The second kappa shape index (κ2) is 4.27. The van der Waals surface area contributed by atoms with E-state index in [0.717, 1.165) is 11.4 Å². The topological polar surface area (TPSA) is 30.0 Å². The maximum atomic E-state index is 12.1. The van der Waals surface area contributed by atoms with E-state index < -0.39 is 0 Å². The van der Waals surface area contributed by atoms with Gasteiger partial charge in [-0.1, -0.05) is 30.3 Å². The molecule has 80 valence electrons. The Hall–Kier alpha value is -1.96.